The first-order chi connectivity index (χ1) is 8.15. The molecule has 0 atom stereocenters. The lowest BCUT2D eigenvalue weighted by molar-refractivity contribution is 0.859. The normalized spacial score (nSPS) is 10.2. The smallest absolute Gasteiger partial charge is 0.141 e. The van der Waals surface area contributed by atoms with Crippen LogP contribution in [0.2, 0.25) is 0 Å². The topological polar surface area (TPSA) is 41.6 Å². The molecule has 4 heteroatoms. The van der Waals surface area contributed by atoms with E-state index >= 15 is 0 Å². The Morgan fingerprint density at radius 3 is 2.76 bits per heavy atom. The fourth-order valence-electron chi connectivity index (χ4n) is 1.87. The van der Waals surface area contributed by atoms with Crippen LogP contribution in [0.15, 0.2) is 28.7 Å². The minimum Gasteiger partial charge on any atom is -0.330 e. The summed E-state index contributed by atoms with van der Waals surface area (Å²) in [6, 6.07) is 10.1. The predicted molar refractivity (Wildman–Crippen MR) is 70.4 cm³/mol. The highest BCUT2D eigenvalue weighted by Crippen LogP contribution is 2.28. The van der Waals surface area contributed by atoms with Crippen molar-refractivity contribution >= 4 is 15.9 Å². The molecule has 0 N–H and O–H groups in total. The van der Waals surface area contributed by atoms with Gasteiger partial charge in [-0.25, -0.2) is 4.98 Å². The van der Waals surface area contributed by atoms with Gasteiger partial charge in [0.05, 0.1) is 23.9 Å². The van der Waals surface area contributed by atoms with Crippen LogP contribution in [0.25, 0.3) is 11.4 Å². The molecule has 0 bridgehead atoms. The van der Waals surface area contributed by atoms with E-state index < -0.39 is 0 Å². The number of hydrogen-bond acceptors (Lipinski definition) is 2. The van der Waals surface area contributed by atoms with E-state index in [-0.39, 0.29) is 0 Å². The number of rotatable bonds is 2. The van der Waals surface area contributed by atoms with Gasteiger partial charge >= 0.3 is 0 Å². The third kappa shape index (κ3) is 2.11. The summed E-state index contributed by atoms with van der Waals surface area (Å²) < 4.78 is 3.00. The van der Waals surface area contributed by atoms with Crippen molar-refractivity contribution in [3.63, 3.8) is 0 Å². The number of nitriles is 1. The van der Waals surface area contributed by atoms with E-state index in [4.69, 9.17) is 5.26 Å². The van der Waals surface area contributed by atoms with Crippen molar-refractivity contribution in [1.82, 2.24) is 9.55 Å². The fourth-order valence-corrected chi connectivity index (χ4v) is 2.34. The summed E-state index contributed by atoms with van der Waals surface area (Å²) in [6.45, 7) is 1.94. The van der Waals surface area contributed by atoms with Crippen LogP contribution in [-0.2, 0) is 13.5 Å². The molecule has 3 nitrogen and oxygen atoms in total. The molecule has 2 aromatic rings. The second kappa shape index (κ2) is 4.72. The van der Waals surface area contributed by atoms with E-state index in [1.54, 1.807) is 0 Å². The van der Waals surface area contributed by atoms with Crippen LogP contribution in [0.3, 0.4) is 0 Å². The third-order valence-corrected chi connectivity index (χ3v) is 3.47. The molecule has 0 aliphatic heterocycles. The van der Waals surface area contributed by atoms with Crippen molar-refractivity contribution in [2.24, 2.45) is 7.05 Å². The molecular weight excluding hydrogens is 278 g/mol. The van der Waals surface area contributed by atoms with Crippen LogP contribution in [0.1, 0.15) is 11.4 Å². The molecule has 2 rings (SSSR count). The van der Waals surface area contributed by atoms with Crippen LogP contribution < -0.4 is 0 Å². The van der Waals surface area contributed by atoms with Crippen molar-refractivity contribution in [1.29, 1.82) is 5.26 Å². The maximum absolute atomic E-state index is 8.80. The van der Waals surface area contributed by atoms with Gasteiger partial charge < -0.3 is 4.57 Å². The Labute approximate surface area is 109 Å². The lowest BCUT2D eigenvalue weighted by Crippen LogP contribution is -1.99. The molecule has 0 saturated heterocycles. The van der Waals surface area contributed by atoms with Gasteiger partial charge in [-0.05, 0) is 13.0 Å². The number of aryl methyl sites for hydroxylation is 1. The summed E-state index contributed by atoms with van der Waals surface area (Å²) in [7, 11) is 1.95. The van der Waals surface area contributed by atoms with Gasteiger partial charge in [-0.15, -0.1) is 0 Å². The second-order valence-electron chi connectivity index (χ2n) is 3.84. The van der Waals surface area contributed by atoms with Crippen molar-refractivity contribution < 1.29 is 0 Å². The molecular formula is C13H12BrN3. The van der Waals surface area contributed by atoms with Gasteiger partial charge in [0.25, 0.3) is 0 Å². The predicted octanol–water partition coefficient (Wildman–Crippen LogP) is 3.22. The van der Waals surface area contributed by atoms with Crippen LogP contribution in [0.5, 0.6) is 0 Å². The van der Waals surface area contributed by atoms with E-state index in [9.17, 15) is 0 Å². The fraction of sp³-hybridized carbons (Fsp3) is 0.231. The van der Waals surface area contributed by atoms with Crippen LogP contribution in [-0.4, -0.2) is 9.55 Å². The summed E-state index contributed by atoms with van der Waals surface area (Å²) in [5, 5.41) is 8.80. The number of benzene rings is 1. The maximum atomic E-state index is 8.80. The van der Waals surface area contributed by atoms with Gasteiger partial charge in [0.1, 0.15) is 5.82 Å². The van der Waals surface area contributed by atoms with Crippen LogP contribution in [0, 0.1) is 18.3 Å². The monoisotopic (exact) mass is 289 g/mol. The number of aromatic nitrogens is 2. The summed E-state index contributed by atoms with van der Waals surface area (Å²) in [6.07, 6.45) is 0.389. The quantitative estimate of drug-likeness (QED) is 0.852. The first kappa shape index (κ1) is 11.9. The van der Waals surface area contributed by atoms with Crippen molar-refractivity contribution in [2.75, 3.05) is 0 Å². The molecule has 0 spiro atoms. The van der Waals surface area contributed by atoms with Crippen LogP contribution >= 0.6 is 15.9 Å². The van der Waals surface area contributed by atoms with E-state index in [1.807, 2.05) is 42.8 Å². The average molecular weight is 290 g/mol. The summed E-state index contributed by atoms with van der Waals surface area (Å²) in [5.74, 6) is 0.889. The Hall–Kier alpha value is -1.60. The number of imidazole rings is 1. The molecule has 1 aromatic heterocycles. The SMILES string of the molecule is Cc1nc(-c2ccccc2Br)n(C)c1CC#N. The Kier molecular flexibility index (Phi) is 3.30. The van der Waals surface area contributed by atoms with Gasteiger partial charge in [0.15, 0.2) is 0 Å². The lowest BCUT2D eigenvalue weighted by Gasteiger charge is -2.05. The average Bonchev–Trinajstić information content (AvgIpc) is 2.58. The molecule has 0 radical (unpaired) electrons. The largest absolute Gasteiger partial charge is 0.330 e. The van der Waals surface area contributed by atoms with Crippen molar-refractivity contribution in [3.05, 3.63) is 40.1 Å². The van der Waals surface area contributed by atoms with E-state index in [0.29, 0.717) is 6.42 Å². The number of nitrogens with zero attached hydrogens (tertiary/aromatic N) is 3. The summed E-state index contributed by atoms with van der Waals surface area (Å²) >= 11 is 3.52. The molecule has 86 valence electrons. The maximum Gasteiger partial charge on any atom is 0.141 e. The van der Waals surface area contributed by atoms with Gasteiger partial charge in [0.2, 0.25) is 0 Å². The Morgan fingerprint density at radius 1 is 1.41 bits per heavy atom. The minimum atomic E-state index is 0.389. The third-order valence-electron chi connectivity index (χ3n) is 2.78. The first-order valence-corrected chi connectivity index (χ1v) is 6.08. The van der Waals surface area contributed by atoms with Gasteiger partial charge in [0, 0.05) is 17.1 Å². The zero-order valence-electron chi connectivity index (χ0n) is 9.74. The van der Waals surface area contributed by atoms with E-state index in [2.05, 4.69) is 27.0 Å². The highest BCUT2D eigenvalue weighted by Gasteiger charge is 2.14. The van der Waals surface area contributed by atoms with Gasteiger partial charge in [-0.2, -0.15) is 5.26 Å². The number of hydrogen-bond donors (Lipinski definition) is 0. The molecule has 0 unspecified atom stereocenters. The zero-order chi connectivity index (χ0) is 12.4. The highest BCUT2D eigenvalue weighted by molar-refractivity contribution is 9.10. The van der Waals surface area contributed by atoms with Crippen LogP contribution in [0.4, 0.5) is 0 Å². The lowest BCUT2D eigenvalue weighted by atomic mass is 10.2. The summed E-state index contributed by atoms with van der Waals surface area (Å²) in [4.78, 5) is 4.54. The van der Waals surface area contributed by atoms with E-state index in [1.165, 1.54) is 0 Å². The van der Waals surface area contributed by atoms with E-state index in [0.717, 1.165) is 27.2 Å². The minimum absolute atomic E-state index is 0.389. The molecule has 0 fully saturated rings. The molecule has 1 aromatic carbocycles. The molecule has 1 heterocycles. The Bertz CT molecular complexity index is 593. The second-order valence-corrected chi connectivity index (χ2v) is 4.70. The molecule has 0 aliphatic carbocycles. The van der Waals surface area contributed by atoms with Crippen molar-refractivity contribution in [2.45, 2.75) is 13.3 Å². The number of halogens is 1. The highest BCUT2D eigenvalue weighted by atomic mass is 79.9. The molecule has 0 aliphatic rings. The summed E-state index contributed by atoms with van der Waals surface area (Å²) in [5.41, 5.74) is 2.93. The Morgan fingerprint density at radius 2 is 2.12 bits per heavy atom. The standard InChI is InChI=1S/C13H12BrN3/c1-9-12(7-8-15)17(2)13(16-9)10-5-3-4-6-11(10)14/h3-6H,7H2,1-2H3. The van der Waals surface area contributed by atoms with Gasteiger partial charge in [-0.3, -0.25) is 0 Å². The Balaban J connectivity index is 2.59. The zero-order valence-corrected chi connectivity index (χ0v) is 11.3. The molecule has 17 heavy (non-hydrogen) atoms. The first-order valence-electron chi connectivity index (χ1n) is 5.29. The molecule has 0 amide bonds. The van der Waals surface area contributed by atoms with Crippen molar-refractivity contribution in [3.8, 4) is 17.5 Å². The molecule has 0 saturated carbocycles. The van der Waals surface area contributed by atoms with Gasteiger partial charge in [-0.1, -0.05) is 34.1 Å².